The van der Waals surface area contributed by atoms with Gasteiger partial charge >= 0.3 is 0 Å². The monoisotopic (exact) mass is 362 g/mol. The molecule has 1 saturated carbocycles. The summed E-state index contributed by atoms with van der Waals surface area (Å²) in [5, 5.41) is 3.28. The molecule has 2 bridgehead atoms. The number of carbonyl (C=O) groups is 1. The van der Waals surface area contributed by atoms with Gasteiger partial charge in [0.2, 0.25) is 0 Å². The summed E-state index contributed by atoms with van der Waals surface area (Å²) in [5.74, 6) is 0.0791. The Kier molecular flexibility index (Phi) is 3.99. The first kappa shape index (κ1) is 14.7. The summed E-state index contributed by atoms with van der Waals surface area (Å²) >= 11 is 3.41. The highest BCUT2D eigenvalue weighted by Gasteiger charge is 2.45. The molecule has 0 radical (unpaired) electrons. The Labute approximate surface area is 140 Å². The Bertz CT molecular complexity index is 541. The van der Waals surface area contributed by atoms with Crippen molar-refractivity contribution in [3.8, 4) is 0 Å². The third-order valence-corrected chi connectivity index (χ3v) is 5.97. The van der Waals surface area contributed by atoms with E-state index in [0.29, 0.717) is 18.1 Å². The maximum atomic E-state index is 12.4. The van der Waals surface area contributed by atoms with Crippen molar-refractivity contribution in [3.63, 3.8) is 0 Å². The summed E-state index contributed by atoms with van der Waals surface area (Å²) in [4.78, 5) is 15.2. The van der Waals surface area contributed by atoms with Gasteiger partial charge in [0.15, 0.2) is 0 Å². The van der Waals surface area contributed by atoms with E-state index in [0.717, 1.165) is 28.9 Å². The van der Waals surface area contributed by atoms with Gasteiger partial charge in [0.05, 0.1) is 0 Å². The third kappa shape index (κ3) is 2.95. The van der Waals surface area contributed by atoms with E-state index in [9.17, 15) is 4.79 Å². The lowest BCUT2D eigenvalue weighted by Gasteiger charge is -2.49. The molecule has 3 nitrogen and oxygen atoms in total. The molecular formula is C18H23BrN2O. The molecular weight excluding hydrogens is 340 g/mol. The molecule has 3 fully saturated rings. The number of carbonyl (C=O) groups excluding carboxylic acids is 1. The molecule has 3 aliphatic rings. The summed E-state index contributed by atoms with van der Waals surface area (Å²) in [5.41, 5.74) is 0.762. The highest BCUT2D eigenvalue weighted by Crippen LogP contribution is 2.41. The number of benzene rings is 1. The summed E-state index contributed by atoms with van der Waals surface area (Å²) < 4.78 is 1.01. The van der Waals surface area contributed by atoms with E-state index in [-0.39, 0.29) is 5.91 Å². The van der Waals surface area contributed by atoms with Crippen LogP contribution in [0.1, 0.15) is 55.3 Å². The largest absolute Gasteiger partial charge is 0.349 e. The van der Waals surface area contributed by atoms with Crippen LogP contribution in [0.3, 0.4) is 0 Å². The van der Waals surface area contributed by atoms with Crippen molar-refractivity contribution >= 4 is 21.8 Å². The predicted molar refractivity (Wildman–Crippen MR) is 90.9 cm³/mol. The van der Waals surface area contributed by atoms with Gasteiger partial charge in [-0.3, -0.25) is 9.69 Å². The second-order valence-corrected chi connectivity index (χ2v) is 7.98. The normalized spacial score (nSPS) is 31.8. The number of rotatable bonds is 3. The Morgan fingerprint density at radius 3 is 2.23 bits per heavy atom. The molecule has 2 aliphatic heterocycles. The lowest BCUT2D eigenvalue weighted by Crippen LogP contribution is -2.57. The molecule has 1 aromatic carbocycles. The number of halogens is 1. The summed E-state index contributed by atoms with van der Waals surface area (Å²) in [6, 6.07) is 10.3. The maximum Gasteiger partial charge on any atom is 0.251 e. The van der Waals surface area contributed by atoms with E-state index < -0.39 is 0 Å². The number of fused-ring (bicyclic) bond motifs is 2. The molecule has 2 atom stereocenters. The molecule has 22 heavy (non-hydrogen) atoms. The van der Waals surface area contributed by atoms with Crippen LogP contribution in [-0.2, 0) is 0 Å². The maximum absolute atomic E-state index is 12.4. The standard InChI is InChI=1S/C18H23BrN2O/c19-13-6-4-12(5-7-13)18(22)20-14-10-16-2-1-3-17(11-14)21(16)15-8-9-15/h4-7,14-17H,1-3,8-11H2,(H,20,22). The van der Waals surface area contributed by atoms with Crippen LogP contribution in [0.5, 0.6) is 0 Å². The van der Waals surface area contributed by atoms with E-state index in [1.54, 1.807) is 0 Å². The fraction of sp³-hybridized carbons (Fsp3) is 0.611. The van der Waals surface area contributed by atoms with E-state index in [4.69, 9.17) is 0 Å². The molecule has 1 amide bonds. The smallest absolute Gasteiger partial charge is 0.251 e. The first-order valence-corrected chi connectivity index (χ1v) is 9.34. The highest BCUT2D eigenvalue weighted by molar-refractivity contribution is 9.10. The van der Waals surface area contributed by atoms with Crippen LogP contribution in [0.4, 0.5) is 0 Å². The Hall–Kier alpha value is -0.870. The van der Waals surface area contributed by atoms with Crippen molar-refractivity contribution < 1.29 is 4.79 Å². The number of hydrogen-bond acceptors (Lipinski definition) is 2. The molecule has 1 aliphatic carbocycles. The lowest BCUT2D eigenvalue weighted by atomic mass is 9.81. The summed E-state index contributed by atoms with van der Waals surface area (Å²) in [7, 11) is 0. The molecule has 2 saturated heterocycles. The zero-order valence-electron chi connectivity index (χ0n) is 12.8. The molecule has 4 rings (SSSR count). The summed E-state index contributed by atoms with van der Waals surface area (Å²) in [6.07, 6.45) is 9.05. The number of piperidine rings is 2. The van der Waals surface area contributed by atoms with Crippen LogP contribution in [0.15, 0.2) is 28.7 Å². The minimum absolute atomic E-state index is 0.0791. The van der Waals surface area contributed by atoms with Crippen LogP contribution in [0.2, 0.25) is 0 Å². The van der Waals surface area contributed by atoms with Crippen molar-refractivity contribution in [2.75, 3.05) is 0 Å². The Morgan fingerprint density at radius 2 is 1.64 bits per heavy atom. The zero-order chi connectivity index (χ0) is 15.1. The number of nitrogens with zero attached hydrogens (tertiary/aromatic N) is 1. The number of nitrogens with one attached hydrogen (secondary N) is 1. The van der Waals surface area contributed by atoms with Gasteiger partial charge in [-0.2, -0.15) is 0 Å². The first-order valence-electron chi connectivity index (χ1n) is 8.54. The first-order chi connectivity index (χ1) is 10.7. The van der Waals surface area contributed by atoms with Crippen molar-refractivity contribution in [2.24, 2.45) is 0 Å². The van der Waals surface area contributed by atoms with Crippen molar-refractivity contribution in [2.45, 2.75) is 69.1 Å². The highest BCUT2D eigenvalue weighted by atomic mass is 79.9. The van der Waals surface area contributed by atoms with Gasteiger partial charge in [-0.05, 0) is 62.8 Å². The second-order valence-electron chi connectivity index (χ2n) is 7.07. The Morgan fingerprint density at radius 1 is 1.00 bits per heavy atom. The second kappa shape index (κ2) is 5.97. The van der Waals surface area contributed by atoms with Crippen molar-refractivity contribution in [1.29, 1.82) is 0 Å². The average Bonchev–Trinajstić information content (AvgIpc) is 3.31. The molecule has 4 heteroatoms. The van der Waals surface area contributed by atoms with E-state index >= 15 is 0 Å². The predicted octanol–water partition coefficient (Wildman–Crippen LogP) is 3.73. The fourth-order valence-electron chi connectivity index (χ4n) is 4.37. The van der Waals surface area contributed by atoms with Crippen molar-refractivity contribution in [3.05, 3.63) is 34.3 Å². The molecule has 2 unspecified atom stereocenters. The fourth-order valence-corrected chi connectivity index (χ4v) is 4.64. The number of amides is 1. The van der Waals surface area contributed by atoms with Crippen LogP contribution in [0, 0.1) is 0 Å². The quantitative estimate of drug-likeness (QED) is 0.888. The molecule has 2 heterocycles. The van der Waals surface area contributed by atoms with E-state index in [1.807, 2.05) is 24.3 Å². The van der Waals surface area contributed by atoms with E-state index in [2.05, 4.69) is 26.1 Å². The number of hydrogen-bond donors (Lipinski definition) is 1. The van der Waals surface area contributed by atoms with Crippen LogP contribution < -0.4 is 5.32 Å². The minimum Gasteiger partial charge on any atom is -0.349 e. The average molecular weight is 363 g/mol. The van der Waals surface area contributed by atoms with Gasteiger partial charge in [0.25, 0.3) is 5.91 Å². The van der Waals surface area contributed by atoms with E-state index in [1.165, 1.54) is 32.1 Å². The van der Waals surface area contributed by atoms with Crippen molar-refractivity contribution in [1.82, 2.24) is 10.2 Å². The minimum atomic E-state index is 0.0791. The summed E-state index contributed by atoms with van der Waals surface area (Å²) in [6.45, 7) is 0. The van der Waals surface area contributed by atoms with Crippen LogP contribution in [-0.4, -0.2) is 35.0 Å². The van der Waals surface area contributed by atoms with Crippen LogP contribution >= 0.6 is 15.9 Å². The van der Waals surface area contributed by atoms with Gasteiger partial charge in [-0.25, -0.2) is 0 Å². The van der Waals surface area contributed by atoms with Gasteiger partial charge in [-0.15, -0.1) is 0 Å². The molecule has 1 aromatic rings. The molecule has 118 valence electrons. The molecule has 1 N–H and O–H groups in total. The van der Waals surface area contributed by atoms with Gasteiger partial charge < -0.3 is 5.32 Å². The third-order valence-electron chi connectivity index (χ3n) is 5.44. The molecule has 0 aromatic heterocycles. The zero-order valence-corrected chi connectivity index (χ0v) is 14.4. The topological polar surface area (TPSA) is 32.3 Å². The lowest BCUT2D eigenvalue weighted by molar-refractivity contribution is 0.0175. The van der Waals surface area contributed by atoms with Crippen LogP contribution in [0.25, 0.3) is 0 Å². The van der Waals surface area contributed by atoms with Gasteiger partial charge in [0.1, 0.15) is 0 Å². The Balaban J connectivity index is 1.41. The SMILES string of the molecule is O=C(NC1CC2CCCC(C1)N2C1CC1)c1ccc(Br)cc1. The van der Waals surface area contributed by atoms with Gasteiger partial charge in [-0.1, -0.05) is 22.4 Å². The molecule has 0 spiro atoms. The van der Waals surface area contributed by atoms with Gasteiger partial charge in [0, 0.05) is 34.2 Å².